The fourth-order valence-electron chi connectivity index (χ4n) is 2.99. The molecule has 0 aromatic rings. The van der Waals surface area contributed by atoms with Crippen LogP contribution in [0.5, 0.6) is 0 Å². The van der Waals surface area contributed by atoms with Crippen molar-refractivity contribution in [2.45, 2.75) is 45.8 Å². The molecular formula is C15H28N2O2. The molecule has 19 heavy (non-hydrogen) atoms. The Balaban J connectivity index is 1.60. The van der Waals surface area contributed by atoms with Crippen LogP contribution >= 0.6 is 0 Å². The Morgan fingerprint density at radius 3 is 2.37 bits per heavy atom. The number of carbonyl (C=O) groups excluding carboxylic acids is 1. The molecule has 0 radical (unpaired) electrons. The van der Waals surface area contributed by atoms with E-state index in [1.165, 1.54) is 0 Å². The molecule has 1 heterocycles. The number of piperazine rings is 1. The van der Waals surface area contributed by atoms with Crippen LogP contribution < -0.4 is 0 Å². The van der Waals surface area contributed by atoms with Gasteiger partial charge in [0.15, 0.2) is 0 Å². The van der Waals surface area contributed by atoms with Crippen molar-refractivity contribution in [1.29, 1.82) is 0 Å². The number of ketones is 1. The summed E-state index contributed by atoms with van der Waals surface area (Å²) in [6.45, 7) is 12.4. The molecule has 110 valence electrons. The highest BCUT2D eigenvalue weighted by Gasteiger charge is 2.36. The normalized spacial score (nSPS) is 29.5. The summed E-state index contributed by atoms with van der Waals surface area (Å²) in [5.74, 6) is 0.725. The van der Waals surface area contributed by atoms with Gasteiger partial charge in [-0.2, -0.15) is 0 Å². The van der Waals surface area contributed by atoms with Gasteiger partial charge in [0.1, 0.15) is 5.78 Å². The molecular weight excluding hydrogens is 240 g/mol. The molecule has 1 aliphatic carbocycles. The van der Waals surface area contributed by atoms with Gasteiger partial charge < -0.3 is 4.74 Å². The second-order valence-electron chi connectivity index (χ2n) is 6.23. The summed E-state index contributed by atoms with van der Waals surface area (Å²) >= 11 is 0. The van der Waals surface area contributed by atoms with Gasteiger partial charge in [0.05, 0.1) is 12.7 Å². The Labute approximate surface area is 117 Å². The molecule has 0 aromatic carbocycles. The quantitative estimate of drug-likeness (QED) is 0.729. The molecule has 1 aliphatic heterocycles. The summed E-state index contributed by atoms with van der Waals surface area (Å²) in [6, 6.07) is 0.669. The Kier molecular flexibility index (Phi) is 5.37. The van der Waals surface area contributed by atoms with Crippen LogP contribution in [-0.2, 0) is 9.53 Å². The minimum atomic E-state index is 0.333. The number of hydrogen-bond acceptors (Lipinski definition) is 4. The van der Waals surface area contributed by atoms with E-state index < -0.39 is 0 Å². The van der Waals surface area contributed by atoms with Crippen molar-refractivity contribution in [2.75, 3.05) is 39.3 Å². The van der Waals surface area contributed by atoms with Gasteiger partial charge in [-0.15, -0.1) is 0 Å². The summed E-state index contributed by atoms with van der Waals surface area (Å²) in [5.41, 5.74) is 0. The van der Waals surface area contributed by atoms with E-state index in [-0.39, 0.29) is 0 Å². The van der Waals surface area contributed by atoms with E-state index >= 15 is 0 Å². The Bertz CT molecular complexity index is 293. The number of rotatable bonds is 6. The summed E-state index contributed by atoms with van der Waals surface area (Å²) in [4.78, 5) is 16.3. The molecule has 0 N–H and O–H groups in total. The zero-order chi connectivity index (χ0) is 13.8. The van der Waals surface area contributed by atoms with Gasteiger partial charge in [-0.25, -0.2) is 0 Å². The number of Topliss-reactive ketones (excluding diaryl/α,β-unsaturated/α-hetero) is 1. The molecule has 4 nitrogen and oxygen atoms in total. The van der Waals surface area contributed by atoms with Crippen LogP contribution in [0.25, 0.3) is 0 Å². The molecule has 2 aliphatic rings. The molecule has 0 atom stereocenters. The molecule has 0 aromatic heterocycles. The molecule has 1 saturated carbocycles. The van der Waals surface area contributed by atoms with Crippen molar-refractivity contribution >= 4 is 5.78 Å². The average Bonchev–Trinajstić information content (AvgIpc) is 2.28. The van der Waals surface area contributed by atoms with Crippen molar-refractivity contribution < 1.29 is 9.53 Å². The van der Waals surface area contributed by atoms with Gasteiger partial charge in [0.2, 0.25) is 0 Å². The highest BCUT2D eigenvalue weighted by atomic mass is 16.5. The fraction of sp³-hybridized carbons (Fsp3) is 0.933. The van der Waals surface area contributed by atoms with Gasteiger partial charge >= 0.3 is 0 Å². The lowest BCUT2D eigenvalue weighted by Crippen LogP contribution is -2.55. The summed E-state index contributed by atoms with van der Waals surface area (Å²) < 4.78 is 5.60. The molecule has 4 heteroatoms. The van der Waals surface area contributed by atoms with Crippen molar-refractivity contribution in [1.82, 2.24) is 9.80 Å². The maximum atomic E-state index is 11.2. The van der Waals surface area contributed by atoms with Crippen LogP contribution in [0.4, 0.5) is 0 Å². The monoisotopic (exact) mass is 268 g/mol. The zero-order valence-corrected chi connectivity index (χ0v) is 12.6. The molecule has 0 amide bonds. The second kappa shape index (κ2) is 6.82. The van der Waals surface area contributed by atoms with Crippen molar-refractivity contribution in [3.05, 3.63) is 0 Å². The highest BCUT2D eigenvalue weighted by molar-refractivity contribution is 5.79. The van der Waals surface area contributed by atoms with E-state index in [9.17, 15) is 4.79 Å². The van der Waals surface area contributed by atoms with E-state index in [0.29, 0.717) is 23.8 Å². The van der Waals surface area contributed by atoms with Crippen LogP contribution in [0.3, 0.4) is 0 Å². The predicted octanol–water partition coefficient (Wildman–Crippen LogP) is 1.40. The van der Waals surface area contributed by atoms with Gasteiger partial charge in [-0.3, -0.25) is 14.6 Å². The van der Waals surface area contributed by atoms with Gasteiger partial charge in [0, 0.05) is 44.7 Å². The molecule has 0 unspecified atom stereocenters. The predicted molar refractivity (Wildman–Crippen MR) is 76.3 cm³/mol. The van der Waals surface area contributed by atoms with E-state index in [2.05, 4.69) is 23.6 Å². The number of ether oxygens (including phenoxy) is 1. The minimum absolute atomic E-state index is 0.333. The van der Waals surface area contributed by atoms with Gasteiger partial charge in [0.25, 0.3) is 0 Å². The third-order valence-electron chi connectivity index (χ3n) is 4.47. The molecule has 2 fully saturated rings. The first kappa shape index (κ1) is 14.9. The second-order valence-corrected chi connectivity index (χ2v) is 6.23. The first-order chi connectivity index (χ1) is 9.06. The first-order valence-corrected chi connectivity index (χ1v) is 7.64. The van der Waals surface area contributed by atoms with E-state index in [1.54, 1.807) is 6.92 Å². The smallest absolute Gasteiger partial charge is 0.133 e. The third kappa shape index (κ3) is 4.26. The Morgan fingerprint density at radius 2 is 1.84 bits per heavy atom. The lowest BCUT2D eigenvalue weighted by Gasteiger charge is -2.45. The van der Waals surface area contributed by atoms with E-state index in [1.807, 2.05) is 0 Å². The van der Waals surface area contributed by atoms with Gasteiger partial charge in [-0.1, -0.05) is 0 Å². The average molecular weight is 268 g/mol. The largest absolute Gasteiger partial charge is 0.377 e. The zero-order valence-electron chi connectivity index (χ0n) is 12.6. The van der Waals surface area contributed by atoms with Crippen LogP contribution in [-0.4, -0.2) is 67.1 Å². The SMILES string of the molecule is CC(=O)C1CC(N2CCN(CCOC(C)C)CC2)C1. The molecule has 0 bridgehead atoms. The van der Waals surface area contributed by atoms with Crippen molar-refractivity contribution in [3.63, 3.8) is 0 Å². The van der Waals surface area contributed by atoms with Crippen LogP contribution in [0.1, 0.15) is 33.6 Å². The summed E-state index contributed by atoms with van der Waals surface area (Å²) in [7, 11) is 0. The minimum Gasteiger partial charge on any atom is -0.377 e. The third-order valence-corrected chi connectivity index (χ3v) is 4.47. The van der Waals surface area contributed by atoms with Crippen LogP contribution in [0, 0.1) is 5.92 Å². The van der Waals surface area contributed by atoms with Crippen LogP contribution in [0.15, 0.2) is 0 Å². The van der Waals surface area contributed by atoms with E-state index in [0.717, 1.165) is 52.2 Å². The molecule has 2 rings (SSSR count). The highest BCUT2D eigenvalue weighted by Crippen LogP contribution is 2.32. The van der Waals surface area contributed by atoms with Crippen molar-refractivity contribution in [3.8, 4) is 0 Å². The first-order valence-electron chi connectivity index (χ1n) is 7.64. The number of nitrogens with zero attached hydrogens (tertiary/aromatic N) is 2. The van der Waals surface area contributed by atoms with Crippen molar-refractivity contribution in [2.24, 2.45) is 5.92 Å². The molecule has 0 spiro atoms. The van der Waals surface area contributed by atoms with Gasteiger partial charge in [-0.05, 0) is 33.6 Å². The Hall–Kier alpha value is -0.450. The lowest BCUT2D eigenvalue weighted by atomic mass is 9.77. The number of hydrogen-bond donors (Lipinski definition) is 0. The molecule has 1 saturated heterocycles. The maximum absolute atomic E-state index is 11.2. The number of carbonyl (C=O) groups is 1. The Morgan fingerprint density at radius 1 is 1.21 bits per heavy atom. The standard InChI is InChI=1S/C15H28N2O2/c1-12(2)19-9-8-16-4-6-17(7-5-16)15-10-14(11-15)13(3)18/h12,14-15H,4-11H2,1-3H3. The summed E-state index contributed by atoms with van der Waals surface area (Å²) in [6.07, 6.45) is 2.51. The fourth-order valence-corrected chi connectivity index (χ4v) is 2.99. The van der Waals surface area contributed by atoms with E-state index in [4.69, 9.17) is 4.74 Å². The summed E-state index contributed by atoms with van der Waals surface area (Å²) in [5, 5.41) is 0. The van der Waals surface area contributed by atoms with Crippen LogP contribution in [0.2, 0.25) is 0 Å². The lowest BCUT2D eigenvalue weighted by molar-refractivity contribution is -0.125. The maximum Gasteiger partial charge on any atom is 0.133 e. The topological polar surface area (TPSA) is 32.8 Å².